The summed E-state index contributed by atoms with van der Waals surface area (Å²) < 4.78 is 0. The highest BCUT2D eigenvalue weighted by Gasteiger charge is 2.26. The molecule has 1 aliphatic heterocycles. The molecular weight excluding hydrogens is 302 g/mol. The molecule has 0 spiro atoms. The molecule has 0 saturated heterocycles. The number of nitrogens with zero attached hydrogens (tertiary/aromatic N) is 3. The van der Waals surface area contributed by atoms with Gasteiger partial charge in [0.15, 0.2) is 0 Å². The summed E-state index contributed by atoms with van der Waals surface area (Å²) >= 11 is 0. The van der Waals surface area contributed by atoms with Crippen LogP contribution >= 0.6 is 0 Å². The van der Waals surface area contributed by atoms with E-state index in [4.69, 9.17) is 0 Å². The van der Waals surface area contributed by atoms with Crippen molar-refractivity contribution in [1.29, 1.82) is 0 Å². The summed E-state index contributed by atoms with van der Waals surface area (Å²) in [5, 5.41) is 18.2. The monoisotopic (exact) mass is 317 g/mol. The molecule has 2 rings (SSSR count). The molecule has 0 fully saturated rings. The van der Waals surface area contributed by atoms with E-state index in [2.05, 4.69) is 21.1 Å². The normalized spacial score (nSPS) is 17.0. The molecule has 0 aromatic heterocycles. The van der Waals surface area contributed by atoms with Gasteiger partial charge in [-0.15, -0.1) is 0 Å². The van der Waals surface area contributed by atoms with E-state index in [1.165, 1.54) is 24.4 Å². The van der Waals surface area contributed by atoms with E-state index in [1.807, 2.05) is 0 Å². The van der Waals surface area contributed by atoms with Crippen molar-refractivity contribution in [3.8, 4) is 0 Å². The molecule has 120 valence electrons. The number of hydrogen-bond acceptors (Lipinski definition) is 6. The zero-order chi connectivity index (χ0) is 16.8. The van der Waals surface area contributed by atoms with Gasteiger partial charge in [0.1, 0.15) is 0 Å². The van der Waals surface area contributed by atoms with Crippen LogP contribution in [0.5, 0.6) is 0 Å². The SMILES string of the molecule is CC1=NNC(=O)C1CCC(=O)NN=Cc1cccc([N+](=O)[O-])c1. The molecule has 0 bridgehead atoms. The molecule has 2 amide bonds. The van der Waals surface area contributed by atoms with Crippen LogP contribution in [-0.2, 0) is 9.59 Å². The van der Waals surface area contributed by atoms with Gasteiger partial charge in [0.2, 0.25) is 11.8 Å². The molecule has 1 aromatic rings. The molecule has 9 heteroatoms. The van der Waals surface area contributed by atoms with Gasteiger partial charge in [-0.3, -0.25) is 19.7 Å². The largest absolute Gasteiger partial charge is 0.273 e. The molecule has 0 aliphatic carbocycles. The molecule has 1 aromatic carbocycles. The minimum Gasteiger partial charge on any atom is -0.273 e. The van der Waals surface area contributed by atoms with Gasteiger partial charge in [-0.1, -0.05) is 12.1 Å². The molecule has 0 radical (unpaired) electrons. The third-order valence-electron chi connectivity index (χ3n) is 3.31. The average Bonchev–Trinajstić information content (AvgIpc) is 2.84. The number of amides is 2. The van der Waals surface area contributed by atoms with Crippen LogP contribution in [0.3, 0.4) is 0 Å². The van der Waals surface area contributed by atoms with Gasteiger partial charge in [0.25, 0.3) is 5.69 Å². The molecule has 0 saturated carbocycles. The molecule has 1 aliphatic rings. The first-order chi connectivity index (χ1) is 11.0. The fourth-order valence-corrected chi connectivity index (χ4v) is 2.06. The maximum absolute atomic E-state index is 11.7. The Bertz CT molecular complexity index is 698. The number of nitro groups is 1. The summed E-state index contributed by atoms with van der Waals surface area (Å²) in [6, 6.07) is 5.87. The van der Waals surface area contributed by atoms with Gasteiger partial charge in [-0.25, -0.2) is 10.9 Å². The van der Waals surface area contributed by atoms with Crippen LogP contribution in [0.2, 0.25) is 0 Å². The van der Waals surface area contributed by atoms with Crippen molar-refractivity contribution in [2.24, 2.45) is 16.1 Å². The Kier molecular flexibility index (Phi) is 5.13. The van der Waals surface area contributed by atoms with E-state index in [1.54, 1.807) is 13.0 Å². The fraction of sp³-hybridized carbons (Fsp3) is 0.286. The van der Waals surface area contributed by atoms with Crippen molar-refractivity contribution in [2.45, 2.75) is 19.8 Å². The predicted molar refractivity (Wildman–Crippen MR) is 82.8 cm³/mol. The third kappa shape index (κ3) is 4.43. The van der Waals surface area contributed by atoms with Crippen molar-refractivity contribution in [3.63, 3.8) is 0 Å². The number of benzene rings is 1. The van der Waals surface area contributed by atoms with Crippen LogP contribution in [-0.4, -0.2) is 28.7 Å². The second-order valence-electron chi connectivity index (χ2n) is 4.97. The van der Waals surface area contributed by atoms with Crippen molar-refractivity contribution >= 4 is 29.4 Å². The Morgan fingerprint density at radius 1 is 1.57 bits per heavy atom. The molecule has 2 N–H and O–H groups in total. The van der Waals surface area contributed by atoms with Gasteiger partial charge < -0.3 is 0 Å². The molecule has 1 unspecified atom stereocenters. The van der Waals surface area contributed by atoms with Crippen LogP contribution in [0.25, 0.3) is 0 Å². The number of rotatable bonds is 6. The van der Waals surface area contributed by atoms with Gasteiger partial charge in [0, 0.05) is 29.8 Å². The Labute approximate surface area is 131 Å². The maximum atomic E-state index is 11.7. The van der Waals surface area contributed by atoms with E-state index < -0.39 is 4.92 Å². The minimum absolute atomic E-state index is 0.0534. The van der Waals surface area contributed by atoms with Crippen molar-refractivity contribution in [3.05, 3.63) is 39.9 Å². The van der Waals surface area contributed by atoms with E-state index in [0.29, 0.717) is 17.7 Å². The lowest BCUT2D eigenvalue weighted by Gasteiger charge is -2.06. The number of nitrogens with one attached hydrogen (secondary N) is 2. The Morgan fingerprint density at radius 2 is 2.35 bits per heavy atom. The number of hydrazone groups is 2. The third-order valence-corrected chi connectivity index (χ3v) is 3.31. The lowest BCUT2D eigenvalue weighted by molar-refractivity contribution is -0.384. The fourth-order valence-electron chi connectivity index (χ4n) is 2.06. The number of hydrogen-bond donors (Lipinski definition) is 2. The first kappa shape index (κ1) is 16.3. The maximum Gasteiger partial charge on any atom is 0.270 e. The number of non-ortho nitro benzene ring substituents is 1. The summed E-state index contributed by atoms with van der Waals surface area (Å²) in [5.74, 6) is -0.948. The molecule has 1 heterocycles. The zero-order valence-corrected chi connectivity index (χ0v) is 12.4. The molecule has 9 nitrogen and oxygen atoms in total. The van der Waals surface area contributed by atoms with Gasteiger partial charge in [-0.05, 0) is 13.3 Å². The van der Waals surface area contributed by atoms with Crippen molar-refractivity contribution in [2.75, 3.05) is 0 Å². The predicted octanol–water partition coefficient (Wildman–Crippen LogP) is 0.947. The van der Waals surface area contributed by atoms with E-state index in [-0.39, 0.29) is 29.8 Å². The Balaban J connectivity index is 1.82. The van der Waals surface area contributed by atoms with Crippen LogP contribution in [0.4, 0.5) is 5.69 Å². The van der Waals surface area contributed by atoms with Crippen LogP contribution in [0.15, 0.2) is 34.5 Å². The van der Waals surface area contributed by atoms with Crippen molar-refractivity contribution < 1.29 is 14.5 Å². The van der Waals surface area contributed by atoms with Crippen LogP contribution in [0.1, 0.15) is 25.3 Å². The first-order valence-corrected chi connectivity index (χ1v) is 6.88. The summed E-state index contributed by atoms with van der Waals surface area (Å²) in [4.78, 5) is 33.3. The molecular formula is C14H15N5O4. The van der Waals surface area contributed by atoms with E-state index in [9.17, 15) is 19.7 Å². The topological polar surface area (TPSA) is 126 Å². The second kappa shape index (κ2) is 7.25. The Morgan fingerprint density at radius 3 is 3.00 bits per heavy atom. The lowest BCUT2D eigenvalue weighted by Crippen LogP contribution is -2.25. The first-order valence-electron chi connectivity index (χ1n) is 6.88. The Hall–Kier alpha value is -3.10. The summed E-state index contributed by atoms with van der Waals surface area (Å²) in [6.07, 6.45) is 1.79. The van der Waals surface area contributed by atoms with Gasteiger partial charge in [-0.2, -0.15) is 10.2 Å². The highest BCUT2D eigenvalue weighted by molar-refractivity contribution is 6.07. The van der Waals surface area contributed by atoms with Crippen LogP contribution in [0, 0.1) is 16.0 Å². The van der Waals surface area contributed by atoms with E-state index >= 15 is 0 Å². The van der Waals surface area contributed by atoms with E-state index in [0.717, 1.165) is 0 Å². The van der Waals surface area contributed by atoms with Crippen molar-refractivity contribution in [1.82, 2.24) is 10.9 Å². The highest BCUT2D eigenvalue weighted by atomic mass is 16.6. The lowest BCUT2D eigenvalue weighted by atomic mass is 9.99. The number of carbonyl (C=O) groups excluding carboxylic acids is 2. The number of nitro benzene ring substituents is 1. The minimum atomic E-state index is -0.507. The summed E-state index contributed by atoms with van der Waals surface area (Å²) in [7, 11) is 0. The quantitative estimate of drug-likeness (QED) is 0.460. The number of carbonyl (C=O) groups is 2. The second-order valence-corrected chi connectivity index (χ2v) is 4.97. The van der Waals surface area contributed by atoms with Gasteiger partial charge >= 0.3 is 0 Å². The standard InChI is InChI=1S/C14H15N5O4/c1-9-12(14(21)18-16-9)5-6-13(20)17-15-8-10-3-2-4-11(7-10)19(22)23/h2-4,7-8,12H,5-6H2,1H3,(H,17,20)(H,18,21). The van der Waals surface area contributed by atoms with Gasteiger partial charge in [0.05, 0.1) is 17.1 Å². The van der Waals surface area contributed by atoms with Crippen LogP contribution < -0.4 is 10.9 Å². The molecule has 1 atom stereocenters. The zero-order valence-electron chi connectivity index (χ0n) is 12.4. The molecule has 23 heavy (non-hydrogen) atoms. The summed E-state index contributed by atoms with van der Waals surface area (Å²) in [5.41, 5.74) is 5.78. The smallest absolute Gasteiger partial charge is 0.270 e. The summed E-state index contributed by atoms with van der Waals surface area (Å²) in [6.45, 7) is 1.72. The average molecular weight is 317 g/mol. The highest BCUT2D eigenvalue weighted by Crippen LogP contribution is 2.14.